The van der Waals surface area contributed by atoms with Gasteiger partial charge in [-0.3, -0.25) is 0 Å². The van der Waals surface area contributed by atoms with E-state index in [-0.39, 0.29) is 11.6 Å². The molecule has 0 aliphatic heterocycles. The molecule has 1 N–H and O–H groups in total. The second-order valence-corrected chi connectivity index (χ2v) is 6.27. The topological polar surface area (TPSA) is 34.1 Å². The smallest absolute Gasteiger partial charge is 0.0953 e. The van der Waals surface area contributed by atoms with Gasteiger partial charge in [0.15, 0.2) is 0 Å². The third-order valence-electron chi connectivity index (χ3n) is 2.26. The van der Waals surface area contributed by atoms with Crippen molar-refractivity contribution in [3.8, 4) is 0 Å². The van der Waals surface area contributed by atoms with Gasteiger partial charge in [0.2, 0.25) is 0 Å². The maximum atomic E-state index is 5.23. The molecule has 0 saturated heterocycles. The van der Waals surface area contributed by atoms with Crippen LogP contribution in [0.1, 0.15) is 37.6 Å². The van der Waals surface area contributed by atoms with E-state index in [9.17, 15) is 0 Å². The summed E-state index contributed by atoms with van der Waals surface area (Å²) in [4.78, 5) is 5.69. The number of rotatable bonds is 5. The minimum atomic E-state index is 0.157. The Hall–Kier alpha value is -0.450. The molecule has 1 unspecified atom stereocenters. The first kappa shape index (κ1) is 13.6. The summed E-state index contributed by atoms with van der Waals surface area (Å²) in [5, 5.41) is 4.61. The Labute approximate surface area is 102 Å². The van der Waals surface area contributed by atoms with Gasteiger partial charge in [0.1, 0.15) is 0 Å². The zero-order valence-corrected chi connectivity index (χ0v) is 11.6. The lowest BCUT2D eigenvalue weighted by Crippen LogP contribution is -2.34. The molecule has 1 heterocycles. The molecular weight excluding hydrogens is 220 g/mol. The van der Waals surface area contributed by atoms with Crippen LogP contribution < -0.4 is 5.32 Å². The van der Waals surface area contributed by atoms with Crippen molar-refractivity contribution in [2.75, 3.05) is 7.11 Å². The number of nitrogens with zero attached hydrogens (tertiary/aromatic N) is 1. The van der Waals surface area contributed by atoms with Crippen molar-refractivity contribution < 1.29 is 4.74 Å². The Balaban J connectivity index is 2.45. The lowest BCUT2D eigenvalue weighted by molar-refractivity contribution is 0.119. The van der Waals surface area contributed by atoms with Gasteiger partial charge in [0, 0.05) is 36.7 Å². The van der Waals surface area contributed by atoms with Crippen molar-refractivity contribution in [1.82, 2.24) is 10.3 Å². The maximum absolute atomic E-state index is 5.23. The van der Waals surface area contributed by atoms with E-state index >= 15 is 0 Å². The fourth-order valence-corrected chi connectivity index (χ4v) is 2.18. The lowest BCUT2D eigenvalue weighted by Gasteiger charge is -2.19. The fourth-order valence-electron chi connectivity index (χ4n) is 1.21. The van der Waals surface area contributed by atoms with Crippen LogP contribution in [0.15, 0.2) is 6.20 Å². The highest BCUT2D eigenvalue weighted by atomic mass is 32.1. The third-order valence-corrected chi connectivity index (χ3v) is 3.28. The van der Waals surface area contributed by atoms with E-state index in [0.717, 1.165) is 18.0 Å². The molecule has 3 nitrogen and oxygen atoms in total. The third kappa shape index (κ3) is 5.05. The molecule has 0 aliphatic carbocycles. The summed E-state index contributed by atoms with van der Waals surface area (Å²) in [7, 11) is 1.74. The second kappa shape index (κ2) is 5.75. The van der Waals surface area contributed by atoms with Gasteiger partial charge in [0.25, 0.3) is 0 Å². The van der Waals surface area contributed by atoms with Crippen molar-refractivity contribution in [2.45, 2.75) is 52.3 Å². The zero-order chi connectivity index (χ0) is 12.2. The number of hydrogen-bond acceptors (Lipinski definition) is 4. The molecule has 1 aromatic heterocycles. The quantitative estimate of drug-likeness (QED) is 0.862. The predicted molar refractivity (Wildman–Crippen MR) is 68.9 cm³/mol. The van der Waals surface area contributed by atoms with Crippen LogP contribution in [0.2, 0.25) is 0 Å². The summed E-state index contributed by atoms with van der Waals surface area (Å²) in [6.45, 7) is 9.46. The predicted octanol–water partition coefficient (Wildman–Crippen LogP) is 2.61. The molecule has 1 rings (SSSR count). The molecule has 16 heavy (non-hydrogen) atoms. The van der Waals surface area contributed by atoms with Gasteiger partial charge in [0.05, 0.1) is 11.1 Å². The average Bonchev–Trinajstić information content (AvgIpc) is 2.61. The summed E-state index contributed by atoms with van der Waals surface area (Å²) < 4.78 is 5.23. The standard InChI is InChI=1S/C12H22N2OS/c1-9(15-5)6-11-13-7-10(16-11)8-14-12(2,3)4/h7,9,14H,6,8H2,1-5H3. The highest BCUT2D eigenvalue weighted by Gasteiger charge is 2.11. The number of hydrogen-bond donors (Lipinski definition) is 1. The first-order valence-corrected chi connectivity index (χ1v) is 6.44. The average molecular weight is 242 g/mol. The van der Waals surface area contributed by atoms with Crippen LogP contribution in [-0.2, 0) is 17.7 Å². The van der Waals surface area contributed by atoms with E-state index in [1.54, 1.807) is 18.4 Å². The van der Waals surface area contributed by atoms with Crippen LogP contribution in [0.5, 0.6) is 0 Å². The number of thiazole rings is 1. The molecule has 1 aromatic rings. The molecule has 4 heteroatoms. The molecule has 0 spiro atoms. The molecule has 0 saturated carbocycles. The minimum Gasteiger partial charge on any atom is -0.381 e. The normalized spacial score (nSPS) is 14.1. The van der Waals surface area contributed by atoms with Crippen LogP contribution in [0.4, 0.5) is 0 Å². The second-order valence-electron chi connectivity index (χ2n) is 5.07. The monoisotopic (exact) mass is 242 g/mol. The van der Waals surface area contributed by atoms with Gasteiger partial charge in [-0.05, 0) is 27.7 Å². The number of aromatic nitrogens is 1. The first-order valence-electron chi connectivity index (χ1n) is 5.62. The van der Waals surface area contributed by atoms with Crippen molar-refractivity contribution in [1.29, 1.82) is 0 Å². The van der Waals surface area contributed by atoms with Crippen LogP contribution >= 0.6 is 11.3 Å². The van der Waals surface area contributed by atoms with E-state index in [1.165, 1.54) is 4.88 Å². The fraction of sp³-hybridized carbons (Fsp3) is 0.750. The molecular formula is C12H22N2OS. The molecule has 0 fully saturated rings. The summed E-state index contributed by atoms with van der Waals surface area (Å²) in [6.07, 6.45) is 3.10. The molecule has 0 amide bonds. The van der Waals surface area contributed by atoms with Crippen molar-refractivity contribution in [2.24, 2.45) is 0 Å². The molecule has 1 atom stereocenters. The van der Waals surface area contributed by atoms with E-state index < -0.39 is 0 Å². The minimum absolute atomic E-state index is 0.157. The van der Waals surface area contributed by atoms with E-state index in [1.807, 2.05) is 6.20 Å². The maximum Gasteiger partial charge on any atom is 0.0953 e. The Morgan fingerprint density at radius 2 is 2.19 bits per heavy atom. The van der Waals surface area contributed by atoms with Gasteiger partial charge in [-0.25, -0.2) is 4.98 Å². The van der Waals surface area contributed by atoms with Gasteiger partial charge in [-0.2, -0.15) is 0 Å². The van der Waals surface area contributed by atoms with Gasteiger partial charge >= 0.3 is 0 Å². The van der Waals surface area contributed by atoms with E-state index in [0.29, 0.717) is 0 Å². The lowest BCUT2D eigenvalue weighted by atomic mass is 10.1. The van der Waals surface area contributed by atoms with Crippen LogP contribution in [0.25, 0.3) is 0 Å². The van der Waals surface area contributed by atoms with Gasteiger partial charge in [-0.15, -0.1) is 11.3 Å². The number of methoxy groups -OCH3 is 1. The summed E-state index contributed by atoms with van der Waals surface area (Å²) in [5.41, 5.74) is 0.157. The Bertz CT molecular complexity index is 317. The Morgan fingerprint density at radius 1 is 1.50 bits per heavy atom. The largest absolute Gasteiger partial charge is 0.381 e. The van der Waals surface area contributed by atoms with Crippen molar-refractivity contribution in [3.05, 3.63) is 16.1 Å². The molecule has 0 bridgehead atoms. The SMILES string of the molecule is COC(C)Cc1ncc(CNC(C)(C)C)s1. The molecule has 92 valence electrons. The molecule has 0 aliphatic rings. The summed E-state index contributed by atoms with van der Waals surface area (Å²) >= 11 is 1.76. The van der Waals surface area contributed by atoms with Gasteiger partial charge < -0.3 is 10.1 Å². The van der Waals surface area contributed by atoms with E-state index in [4.69, 9.17) is 4.74 Å². The van der Waals surface area contributed by atoms with Crippen LogP contribution in [0, 0.1) is 0 Å². The number of ether oxygens (including phenoxy) is 1. The molecule has 0 radical (unpaired) electrons. The van der Waals surface area contributed by atoms with Crippen molar-refractivity contribution in [3.63, 3.8) is 0 Å². The summed E-state index contributed by atoms with van der Waals surface area (Å²) in [6, 6.07) is 0. The Morgan fingerprint density at radius 3 is 2.75 bits per heavy atom. The highest BCUT2D eigenvalue weighted by molar-refractivity contribution is 7.11. The molecule has 0 aromatic carbocycles. The van der Waals surface area contributed by atoms with Crippen molar-refractivity contribution >= 4 is 11.3 Å². The highest BCUT2D eigenvalue weighted by Crippen LogP contribution is 2.16. The summed E-state index contributed by atoms with van der Waals surface area (Å²) in [5.74, 6) is 0. The van der Waals surface area contributed by atoms with Crippen LogP contribution in [-0.4, -0.2) is 23.7 Å². The van der Waals surface area contributed by atoms with Crippen LogP contribution in [0.3, 0.4) is 0 Å². The van der Waals surface area contributed by atoms with Gasteiger partial charge in [-0.1, -0.05) is 0 Å². The first-order chi connectivity index (χ1) is 7.40. The zero-order valence-electron chi connectivity index (χ0n) is 10.8. The van der Waals surface area contributed by atoms with E-state index in [2.05, 4.69) is 38.0 Å². The Kier molecular flexibility index (Phi) is 4.89. The number of nitrogens with one attached hydrogen (secondary N) is 1.